The molecule has 90 valence electrons. The summed E-state index contributed by atoms with van der Waals surface area (Å²) in [6.07, 6.45) is 1.66. The number of hydrogen-bond donors (Lipinski definition) is 0. The summed E-state index contributed by atoms with van der Waals surface area (Å²) in [6, 6.07) is 10.6. The number of thiophene rings is 1. The number of hydrogen-bond acceptors (Lipinski definition) is 4. The number of thioether (sulfide) groups is 1. The predicted molar refractivity (Wildman–Crippen MR) is 75.2 cm³/mol. The Morgan fingerprint density at radius 2 is 2.22 bits per heavy atom. The van der Waals surface area contributed by atoms with E-state index < -0.39 is 0 Å². The number of benzene rings is 1. The molecule has 0 amide bonds. The largest absolute Gasteiger partial charge is 0.234 e. The minimum Gasteiger partial charge on any atom is -0.211 e. The van der Waals surface area contributed by atoms with Crippen molar-refractivity contribution in [1.29, 1.82) is 0 Å². The van der Waals surface area contributed by atoms with Gasteiger partial charge < -0.3 is 0 Å². The van der Waals surface area contributed by atoms with Crippen LogP contribution in [0, 0.1) is 0 Å². The quantitative estimate of drug-likeness (QED) is 0.615. The third-order valence-electron chi connectivity index (χ3n) is 3.11. The molecule has 1 atom stereocenters. The number of isocyanates is 1. The molecule has 0 saturated carbocycles. The minimum absolute atomic E-state index is 0.202. The van der Waals surface area contributed by atoms with E-state index in [-0.39, 0.29) is 5.92 Å². The maximum absolute atomic E-state index is 10.4. The van der Waals surface area contributed by atoms with Crippen molar-refractivity contribution in [2.24, 2.45) is 4.99 Å². The molecule has 1 aliphatic heterocycles. The number of carbonyl (C=O) groups excluding carboxylic acids is 1. The van der Waals surface area contributed by atoms with Gasteiger partial charge >= 0.3 is 0 Å². The van der Waals surface area contributed by atoms with Gasteiger partial charge in [0.15, 0.2) is 0 Å². The first kappa shape index (κ1) is 11.7. The van der Waals surface area contributed by atoms with E-state index >= 15 is 0 Å². The van der Waals surface area contributed by atoms with E-state index in [1.54, 1.807) is 17.4 Å². The van der Waals surface area contributed by atoms with Crippen molar-refractivity contribution in [3.8, 4) is 0 Å². The summed E-state index contributed by atoms with van der Waals surface area (Å²) in [6.45, 7) is 0.495. The Hall–Kier alpha value is -1.35. The van der Waals surface area contributed by atoms with Crippen LogP contribution in [-0.2, 0) is 10.5 Å². The molecule has 1 unspecified atom stereocenters. The lowest BCUT2D eigenvalue weighted by molar-refractivity contribution is 0.562. The average molecular weight is 273 g/mol. The van der Waals surface area contributed by atoms with Crippen LogP contribution in [0.2, 0.25) is 0 Å². The van der Waals surface area contributed by atoms with Crippen LogP contribution < -0.4 is 0 Å². The van der Waals surface area contributed by atoms with Crippen molar-refractivity contribution >= 4 is 29.2 Å². The Balaban J connectivity index is 2.13. The number of nitrogens with zero attached hydrogens (tertiary/aromatic N) is 1. The van der Waals surface area contributed by atoms with Crippen molar-refractivity contribution in [2.75, 3.05) is 6.54 Å². The summed E-state index contributed by atoms with van der Waals surface area (Å²) in [7, 11) is 0. The molecular weight excluding hydrogens is 262 g/mol. The zero-order chi connectivity index (χ0) is 12.4. The van der Waals surface area contributed by atoms with Gasteiger partial charge in [0, 0.05) is 21.4 Å². The van der Waals surface area contributed by atoms with E-state index in [1.807, 2.05) is 11.8 Å². The van der Waals surface area contributed by atoms with Crippen LogP contribution in [0.3, 0.4) is 0 Å². The van der Waals surface area contributed by atoms with E-state index in [4.69, 9.17) is 0 Å². The second kappa shape index (κ2) is 5.11. The highest BCUT2D eigenvalue weighted by Crippen LogP contribution is 2.42. The second-order valence-corrected chi connectivity index (χ2v) is 6.09. The first-order chi connectivity index (χ1) is 8.90. The maximum atomic E-state index is 10.4. The van der Waals surface area contributed by atoms with Crippen LogP contribution in [-0.4, -0.2) is 12.6 Å². The van der Waals surface area contributed by atoms with E-state index in [0.717, 1.165) is 5.75 Å². The molecule has 4 heteroatoms. The standard InChI is InChI=1S/C14H11NOS2/c16-9-15-7-12-11-3-1-2-4-13(11)18-8-10-5-6-17-14(10)12/h1-6,12H,7-8H2. The van der Waals surface area contributed by atoms with E-state index in [1.165, 1.54) is 20.9 Å². The van der Waals surface area contributed by atoms with Crippen molar-refractivity contribution < 1.29 is 4.79 Å². The normalized spacial score (nSPS) is 17.2. The molecule has 0 fully saturated rings. The molecule has 1 aliphatic rings. The predicted octanol–water partition coefficient (Wildman–Crippen LogP) is 3.82. The topological polar surface area (TPSA) is 29.4 Å². The van der Waals surface area contributed by atoms with Gasteiger partial charge in [0.1, 0.15) is 0 Å². The lowest BCUT2D eigenvalue weighted by Gasteiger charge is -2.14. The van der Waals surface area contributed by atoms with Crippen LogP contribution >= 0.6 is 23.1 Å². The Bertz CT molecular complexity index is 614. The smallest absolute Gasteiger partial charge is 0.211 e. The van der Waals surface area contributed by atoms with Gasteiger partial charge in [0.05, 0.1) is 6.54 Å². The van der Waals surface area contributed by atoms with E-state index in [9.17, 15) is 4.79 Å². The van der Waals surface area contributed by atoms with Gasteiger partial charge in [-0.15, -0.1) is 23.1 Å². The lowest BCUT2D eigenvalue weighted by atomic mass is 9.95. The lowest BCUT2D eigenvalue weighted by Crippen LogP contribution is -2.04. The summed E-state index contributed by atoms with van der Waals surface area (Å²) in [5.41, 5.74) is 2.65. The molecule has 0 saturated heterocycles. The highest BCUT2D eigenvalue weighted by atomic mass is 32.2. The summed E-state index contributed by atoms with van der Waals surface area (Å²) in [4.78, 5) is 16.8. The van der Waals surface area contributed by atoms with E-state index in [0.29, 0.717) is 6.54 Å². The van der Waals surface area contributed by atoms with Gasteiger partial charge in [-0.1, -0.05) is 18.2 Å². The monoisotopic (exact) mass is 273 g/mol. The second-order valence-electron chi connectivity index (χ2n) is 4.12. The molecular formula is C14H11NOS2. The molecule has 18 heavy (non-hydrogen) atoms. The van der Waals surface area contributed by atoms with Gasteiger partial charge in [-0.05, 0) is 28.6 Å². The first-order valence-electron chi connectivity index (χ1n) is 5.72. The molecule has 0 spiro atoms. The van der Waals surface area contributed by atoms with Crippen molar-refractivity contribution in [3.63, 3.8) is 0 Å². The molecule has 2 aromatic rings. The fraction of sp³-hybridized carbons (Fsp3) is 0.214. The maximum Gasteiger partial charge on any atom is 0.234 e. The summed E-state index contributed by atoms with van der Waals surface area (Å²) in [5.74, 6) is 1.20. The van der Waals surface area contributed by atoms with Crippen LogP contribution in [0.25, 0.3) is 0 Å². The van der Waals surface area contributed by atoms with Gasteiger partial charge in [-0.25, -0.2) is 9.79 Å². The summed E-state index contributed by atoms with van der Waals surface area (Å²) >= 11 is 3.62. The fourth-order valence-electron chi connectivity index (χ4n) is 2.28. The van der Waals surface area contributed by atoms with Crippen LogP contribution in [0.5, 0.6) is 0 Å². The Morgan fingerprint density at radius 1 is 1.33 bits per heavy atom. The third kappa shape index (κ3) is 2.03. The zero-order valence-corrected chi connectivity index (χ0v) is 11.3. The molecule has 1 aromatic carbocycles. The van der Waals surface area contributed by atoms with Crippen LogP contribution in [0.1, 0.15) is 21.9 Å². The van der Waals surface area contributed by atoms with Crippen molar-refractivity contribution in [3.05, 3.63) is 51.7 Å². The van der Waals surface area contributed by atoms with Crippen molar-refractivity contribution in [2.45, 2.75) is 16.6 Å². The molecule has 0 radical (unpaired) electrons. The van der Waals surface area contributed by atoms with Crippen LogP contribution in [0.4, 0.5) is 0 Å². The van der Waals surface area contributed by atoms with Crippen molar-refractivity contribution in [1.82, 2.24) is 0 Å². The third-order valence-corrected chi connectivity index (χ3v) is 5.32. The number of fused-ring (bicyclic) bond motifs is 2. The fourth-order valence-corrected chi connectivity index (χ4v) is 4.52. The Morgan fingerprint density at radius 3 is 3.11 bits per heavy atom. The zero-order valence-electron chi connectivity index (χ0n) is 9.63. The minimum atomic E-state index is 0.202. The molecule has 0 aliphatic carbocycles. The molecule has 2 nitrogen and oxygen atoms in total. The average Bonchev–Trinajstić information content (AvgIpc) is 2.81. The van der Waals surface area contributed by atoms with Gasteiger partial charge in [0.25, 0.3) is 0 Å². The summed E-state index contributed by atoms with van der Waals surface area (Å²) in [5, 5.41) is 2.12. The van der Waals surface area contributed by atoms with Gasteiger partial charge in [-0.3, -0.25) is 0 Å². The van der Waals surface area contributed by atoms with Crippen LogP contribution in [0.15, 0.2) is 45.6 Å². The van der Waals surface area contributed by atoms with E-state index in [2.05, 4.69) is 40.7 Å². The first-order valence-corrected chi connectivity index (χ1v) is 7.58. The summed E-state index contributed by atoms with van der Waals surface area (Å²) < 4.78 is 0. The molecule has 0 bridgehead atoms. The molecule has 3 rings (SSSR count). The molecule has 0 N–H and O–H groups in total. The number of rotatable bonds is 2. The highest BCUT2D eigenvalue weighted by Gasteiger charge is 2.24. The highest BCUT2D eigenvalue weighted by molar-refractivity contribution is 7.98. The SMILES string of the molecule is O=C=NCC1c2ccccc2SCc2ccsc21. The molecule has 2 heterocycles. The van der Waals surface area contributed by atoms with Gasteiger partial charge in [-0.2, -0.15) is 0 Å². The Labute approximate surface area is 114 Å². The van der Waals surface area contributed by atoms with Gasteiger partial charge in [0.2, 0.25) is 6.08 Å². The molecule has 1 aromatic heterocycles. The number of aliphatic imine (C=N–C) groups is 1. The Kier molecular flexibility index (Phi) is 3.33.